The summed E-state index contributed by atoms with van der Waals surface area (Å²) < 4.78 is 2.28. The summed E-state index contributed by atoms with van der Waals surface area (Å²) in [6, 6.07) is 4.16. The lowest BCUT2D eigenvalue weighted by atomic mass is 9.98. The number of nitrogens with one attached hydrogen (secondary N) is 1. The third kappa shape index (κ3) is 1.94. The first-order chi connectivity index (χ1) is 8.49. The molecule has 18 heavy (non-hydrogen) atoms. The van der Waals surface area contributed by atoms with Gasteiger partial charge in [-0.1, -0.05) is 31.5 Å². The van der Waals surface area contributed by atoms with Gasteiger partial charge in [-0.25, -0.2) is 0 Å². The Bertz CT molecular complexity index is 582. The van der Waals surface area contributed by atoms with Crippen LogP contribution in [0.5, 0.6) is 0 Å². The van der Waals surface area contributed by atoms with Crippen molar-refractivity contribution >= 4 is 22.5 Å². The van der Waals surface area contributed by atoms with Crippen LogP contribution >= 0.6 is 11.6 Å². The lowest BCUT2D eigenvalue weighted by Crippen LogP contribution is -2.11. The van der Waals surface area contributed by atoms with E-state index in [0.29, 0.717) is 5.92 Å². The maximum atomic E-state index is 6.25. The second-order valence-electron chi connectivity index (χ2n) is 5.17. The molecule has 0 saturated heterocycles. The zero-order valence-electron chi connectivity index (χ0n) is 11.8. The molecule has 1 aromatic carbocycles. The van der Waals surface area contributed by atoms with E-state index in [4.69, 9.17) is 11.6 Å². The molecule has 0 saturated carbocycles. The molecule has 1 heterocycles. The first-order valence-electron chi connectivity index (χ1n) is 6.39. The van der Waals surface area contributed by atoms with Crippen LogP contribution in [-0.4, -0.2) is 11.6 Å². The highest BCUT2D eigenvalue weighted by molar-refractivity contribution is 6.32. The van der Waals surface area contributed by atoms with Crippen LogP contribution < -0.4 is 5.32 Å². The Morgan fingerprint density at radius 2 is 2.00 bits per heavy atom. The van der Waals surface area contributed by atoms with Gasteiger partial charge in [-0.05, 0) is 37.1 Å². The molecule has 0 atom stereocenters. The van der Waals surface area contributed by atoms with Gasteiger partial charge in [-0.15, -0.1) is 0 Å². The van der Waals surface area contributed by atoms with Gasteiger partial charge in [0.1, 0.15) is 0 Å². The van der Waals surface area contributed by atoms with E-state index < -0.39 is 0 Å². The lowest BCUT2D eigenvalue weighted by molar-refractivity contribution is 0.717. The number of halogens is 1. The molecular weight excluding hydrogens is 244 g/mol. The van der Waals surface area contributed by atoms with E-state index in [1.54, 1.807) is 0 Å². The fourth-order valence-electron chi connectivity index (χ4n) is 2.82. The molecule has 0 amide bonds. The maximum Gasteiger partial charge on any atom is 0.0527 e. The van der Waals surface area contributed by atoms with Crippen LogP contribution in [0.4, 0.5) is 0 Å². The zero-order valence-corrected chi connectivity index (χ0v) is 12.5. The molecule has 0 spiro atoms. The Morgan fingerprint density at radius 3 is 2.56 bits per heavy atom. The topological polar surface area (TPSA) is 17.0 Å². The van der Waals surface area contributed by atoms with E-state index in [1.165, 1.54) is 27.7 Å². The molecule has 3 heteroatoms. The molecule has 0 aliphatic carbocycles. The number of rotatable bonds is 3. The van der Waals surface area contributed by atoms with Crippen LogP contribution in [0.25, 0.3) is 10.9 Å². The Morgan fingerprint density at radius 1 is 1.33 bits per heavy atom. The average molecular weight is 265 g/mol. The van der Waals surface area contributed by atoms with Crippen LogP contribution in [-0.2, 0) is 13.6 Å². The van der Waals surface area contributed by atoms with Gasteiger partial charge in [0.25, 0.3) is 0 Å². The van der Waals surface area contributed by atoms with Gasteiger partial charge in [0.15, 0.2) is 0 Å². The van der Waals surface area contributed by atoms with Crippen molar-refractivity contribution in [2.75, 3.05) is 7.05 Å². The van der Waals surface area contributed by atoms with Crippen molar-refractivity contribution in [1.29, 1.82) is 0 Å². The first kappa shape index (κ1) is 13.4. The lowest BCUT2D eigenvalue weighted by Gasteiger charge is -2.10. The molecule has 0 bridgehead atoms. The average Bonchev–Trinajstić information content (AvgIpc) is 2.59. The van der Waals surface area contributed by atoms with Crippen molar-refractivity contribution in [2.45, 2.75) is 33.2 Å². The molecule has 0 aliphatic heterocycles. The molecule has 0 radical (unpaired) electrons. The minimum absolute atomic E-state index is 0.512. The van der Waals surface area contributed by atoms with Crippen molar-refractivity contribution in [1.82, 2.24) is 9.88 Å². The maximum absolute atomic E-state index is 6.25. The predicted octanol–water partition coefficient (Wildman–Crippen LogP) is 3.98. The Hall–Kier alpha value is -0.990. The molecule has 2 rings (SSSR count). The molecule has 1 aromatic heterocycles. The van der Waals surface area contributed by atoms with E-state index >= 15 is 0 Å². The number of hydrogen-bond acceptors (Lipinski definition) is 1. The summed E-state index contributed by atoms with van der Waals surface area (Å²) in [7, 11) is 4.12. The summed E-state index contributed by atoms with van der Waals surface area (Å²) in [5.74, 6) is 0.512. The summed E-state index contributed by atoms with van der Waals surface area (Å²) >= 11 is 6.25. The second kappa shape index (κ2) is 4.94. The van der Waals surface area contributed by atoms with Gasteiger partial charge in [-0.2, -0.15) is 0 Å². The Balaban J connectivity index is 2.87. The number of fused-ring (bicyclic) bond motifs is 1. The first-order valence-corrected chi connectivity index (χ1v) is 6.77. The fraction of sp³-hybridized carbons (Fsp3) is 0.467. The van der Waals surface area contributed by atoms with E-state index in [9.17, 15) is 0 Å². The van der Waals surface area contributed by atoms with Crippen LogP contribution in [0.3, 0.4) is 0 Å². The van der Waals surface area contributed by atoms with Gasteiger partial charge in [0.05, 0.1) is 5.52 Å². The van der Waals surface area contributed by atoms with Crippen molar-refractivity contribution in [2.24, 2.45) is 7.05 Å². The highest BCUT2D eigenvalue weighted by Gasteiger charge is 2.18. The largest absolute Gasteiger partial charge is 0.346 e. The van der Waals surface area contributed by atoms with Crippen molar-refractivity contribution in [3.63, 3.8) is 0 Å². The van der Waals surface area contributed by atoms with Crippen LogP contribution in [0.15, 0.2) is 12.1 Å². The van der Waals surface area contributed by atoms with E-state index in [2.05, 4.69) is 43.8 Å². The molecular formula is C15H21ClN2. The Labute approximate surface area is 114 Å². The molecule has 2 aromatic rings. The molecule has 2 nitrogen and oxygen atoms in total. The minimum atomic E-state index is 0.512. The summed E-state index contributed by atoms with van der Waals surface area (Å²) in [4.78, 5) is 0. The fourth-order valence-corrected chi connectivity index (χ4v) is 2.97. The summed E-state index contributed by atoms with van der Waals surface area (Å²) in [6.45, 7) is 7.48. The normalized spacial score (nSPS) is 11.7. The summed E-state index contributed by atoms with van der Waals surface area (Å²) in [5.41, 5.74) is 5.21. The highest BCUT2D eigenvalue weighted by Crippen LogP contribution is 2.35. The molecule has 0 unspecified atom stereocenters. The Kier molecular flexibility index (Phi) is 3.69. The minimum Gasteiger partial charge on any atom is -0.346 e. The van der Waals surface area contributed by atoms with Gasteiger partial charge in [0, 0.05) is 29.7 Å². The standard InChI is InChI=1S/C15H21ClN2/c1-9(2)14-11-6-7-12(16)10(3)15(11)18(5)13(14)8-17-4/h6-7,9,17H,8H2,1-5H3. The summed E-state index contributed by atoms with van der Waals surface area (Å²) in [6.07, 6.45) is 0. The van der Waals surface area contributed by atoms with Crippen LogP contribution in [0.2, 0.25) is 5.02 Å². The number of hydrogen-bond donors (Lipinski definition) is 1. The molecule has 0 fully saturated rings. The van der Waals surface area contributed by atoms with Gasteiger partial charge in [-0.3, -0.25) is 0 Å². The number of nitrogens with zero attached hydrogens (tertiary/aromatic N) is 1. The molecule has 0 aliphatic rings. The van der Waals surface area contributed by atoms with E-state index in [0.717, 1.165) is 11.6 Å². The van der Waals surface area contributed by atoms with Crippen LogP contribution in [0.1, 0.15) is 36.6 Å². The van der Waals surface area contributed by atoms with Gasteiger partial charge in [0.2, 0.25) is 0 Å². The van der Waals surface area contributed by atoms with Crippen molar-refractivity contribution < 1.29 is 0 Å². The van der Waals surface area contributed by atoms with Crippen molar-refractivity contribution in [3.05, 3.63) is 34.0 Å². The number of aromatic nitrogens is 1. The zero-order chi connectivity index (χ0) is 13.4. The van der Waals surface area contributed by atoms with Crippen LogP contribution in [0, 0.1) is 6.92 Å². The highest BCUT2D eigenvalue weighted by atomic mass is 35.5. The smallest absolute Gasteiger partial charge is 0.0527 e. The number of aryl methyl sites for hydroxylation is 2. The third-order valence-electron chi connectivity index (χ3n) is 3.63. The summed E-state index contributed by atoms with van der Waals surface area (Å²) in [5, 5.41) is 5.44. The van der Waals surface area contributed by atoms with Gasteiger partial charge >= 0.3 is 0 Å². The predicted molar refractivity (Wildman–Crippen MR) is 79.5 cm³/mol. The van der Waals surface area contributed by atoms with E-state index in [-0.39, 0.29) is 0 Å². The third-order valence-corrected chi connectivity index (χ3v) is 4.04. The number of benzene rings is 1. The van der Waals surface area contributed by atoms with Gasteiger partial charge < -0.3 is 9.88 Å². The SMILES string of the molecule is CNCc1c(C(C)C)c2ccc(Cl)c(C)c2n1C. The molecule has 1 N–H and O–H groups in total. The van der Waals surface area contributed by atoms with E-state index in [1.807, 2.05) is 13.1 Å². The second-order valence-corrected chi connectivity index (χ2v) is 5.58. The quantitative estimate of drug-likeness (QED) is 0.887. The molecule has 98 valence electrons. The monoisotopic (exact) mass is 264 g/mol. The van der Waals surface area contributed by atoms with Crippen molar-refractivity contribution in [3.8, 4) is 0 Å².